The number of halogens is 2. The highest BCUT2D eigenvalue weighted by atomic mass is 79.9. The molecule has 5 heteroatoms. The highest BCUT2D eigenvalue weighted by molar-refractivity contribution is 9.10. The highest BCUT2D eigenvalue weighted by Crippen LogP contribution is 2.33. The van der Waals surface area contributed by atoms with Crippen LogP contribution in [0.4, 0.5) is 5.82 Å². The molecule has 0 saturated carbocycles. The van der Waals surface area contributed by atoms with Crippen LogP contribution in [-0.4, -0.2) is 4.98 Å². The molecule has 0 saturated heterocycles. The fraction of sp³-hybridized carbons (Fsp3) is 0. The number of hydrogen-bond donors (Lipinski definition) is 2. The predicted molar refractivity (Wildman–Crippen MR) is 62.3 cm³/mol. The van der Waals surface area contributed by atoms with Crippen molar-refractivity contribution in [1.29, 1.82) is 0 Å². The molecule has 3 nitrogen and oxygen atoms in total. The van der Waals surface area contributed by atoms with Gasteiger partial charge in [0.25, 0.3) is 0 Å². The summed E-state index contributed by atoms with van der Waals surface area (Å²) in [4.78, 5) is 4.10. The third kappa shape index (κ3) is 1.45. The van der Waals surface area contributed by atoms with Crippen molar-refractivity contribution in [1.82, 2.24) is 4.98 Å². The van der Waals surface area contributed by atoms with Crippen LogP contribution in [-0.2, 0) is 0 Å². The van der Waals surface area contributed by atoms with Crippen LogP contribution in [0.1, 0.15) is 0 Å². The van der Waals surface area contributed by atoms with Gasteiger partial charge < -0.3 is 5.43 Å². The minimum Gasteiger partial charge on any atom is -0.308 e. The Balaban J connectivity index is 2.92. The number of anilines is 1. The van der Waals surface area contributed by atoms with Gasteiger partial charge in [-0.1, -0.05) is 27.5 Å². The van der Waals surface area contributed by atoms with Crippen molar-refractivity contribution in [2.45, 2.75) is 0 Å². The van der Waals surface area contributed by atoms with E-state index in [9.17, 15) is 0 Å². The lowest BCUT2D eigenvalue weighted by molar-refractivity contribution is 1.25. The van der Waals surface area contributed by atoms with Crippen LogP contribution < -0.4 is 11.3 Å². The normalized spacial score (nSPS) is 10.5. The second-order valence-corrected chi connectivity index (χ2v) is 4.02. The van der Waals surface area contributed by atoms with Crippen LogP contribution in [0.3, 0.4) is 0 Å². The average molecular weight is 273 g/mol. The summed E-state index contributed by atoms with van der Waals surface area (Å²) in [6.07, 6.45) is 1.66. The van der Waals surface area contributed by atoms with E-state index in [4.69, 9.17) is 17.4 Å². The van der Waals surface area contributed by atoms with Gasteiger partial charge in [0.15, 0.2) is 0 Å². The Morgan fingerprint density at radius 3 is 2.86 bits per heavy atom. The number of benzene rings is 1. The highest BCUT2D eigenvalue weighted by Gasteiger charge is 2.07. The summed E-state index contributed by atoms with van der Waals surface area (Å²) in [5.74, 6) is 5.97. The topological polar surface area (TPSA) is 50.9 Å². The number of nitrogens with two attached hydrogens (primary N) is 1. The molecule has 2 rings (SSSR count). The van der Waals surface area contributed by atoms with Gasteiger partial charge in [0.05, 0.1) is 0 Å². The lowest BCUT2D eigenvalue weighted by Crippen LogP contribution is -2.08. The summed E-state index contributed by atoms with van der Waals surface area (Å²) < 4.78 is 0.915. The molecular weight excluding hydrogens is 265 g/mol. The smallest absolute Gasteiger partial charge is 0.148 e. The maximum absolute atomic E-state index is 6.04. The number of pyridine rings is 1. The maximum Gasteiger partial charge on any atom is 0.148 e. The molecule has 0 atom stereocenters. The molecule has 3 N–H and O–H groups in total. The molecule has 1 aromatic heterocycles. The van der Waals surface area contributed by atoms with Gasteiger partial charge >= 0.3 is 0 Å². The molecule has 1 heterocycles. The minimum absolute atomic E-state index is 0.608. The number of nitrogen functional groups attached to an aromatic ring is 1. The minimum atomic E-state index is 0.608. The Bertz CT molecular complexity index is 487. The largest absolute Gasteiger partial charge is 0.308 e. The van der Waals surface area contributed by atoms with Crippen LogP contribution in [0.15, 0.2) is 28.9 Å². The standard InChI is InChI=1S/C9H7BrClN3/c10-6-1-2-7(11)5-3-4-13-9(14-12)8(5)6/h1-4H,12H2,(H,13,14). The zero-order valence-corrected chi connectivity index (χ0v) is 9.43. The number of fused-ring (bicyclic) bond motifs is 1. The molecule has 14 heavy (non-hydrogen) atoms. The molecule has 0 amide bonds. The maximum atomic E-state index is 6.04. The van der Waals surface area contributed by atoms with E-state index in [1.165, 1.54) is 0 Å². The summed E-state index contributed by atoms with van der Waals surface area (Å²) in [6, 6.07) is 5.55. The molecule has 0 radical (unpaired) electrons. The van der Waals surface area contributed by atoms with Crippen LogP contribution in [0.5, 0.6) is 0 Å². The van der Waals surface area contributed by atoms with Crippen LogP contribution in [0.2, 0.25) is 5.02 Å². The fourth-order valence-electron chi connectivity index (χ4n) is 1.33. The first-order valence-electron chi connectivity index (χ1n) is 3.93. The Labute approximate surface area is 94.4 Å². The van der Waals surface area contributed by atoms with E-state index in [1.807, 2.05) is 18.2 Å². The van der Waals surface area contributed by atoms with E-state index in [0.29, 0.717) is 10.8 Å². The van der Waals surface area contributed by atoms with E-state index in [2.05, 4.69) is 26.3 Å². The second-order valence-electron chi connectivity index (χ2n) is 2.76. The number of nitrogens with zero attached hydrogens (tertiary/aromatic N) is 1. The first-order chi connectivity index (χ1) is 6.74. The van der Waals surface area contributed by atoms with Gasteiger partial charge in [-0.2, -0.15) is 0 Å². The first-order valence-corrected chi connectivity index (χ1v) is 5.10. The Hall–Kier alpha value is -0.840. The number of hydrogen-bond acceptors (Lipinski definition) is 3. The third-order valence-electron chi connectivity index (χ3n) is 1.96. The number of aromatic nitrogens is 1. The molecule has 72 valence electrons. The third-order valence-corrected chi connectivity index (χ3v) is 2.95. The summed E-state index contributed by atoms with van der Waals surface area (Å²) >= 11 is 9.47. The SMILES string of the molecule is NNc1nccc2c(Cl)ccc(Br)c12. The van der Waals surface area contributed by atoms with Crippen molar-refractivity contribution >= 4 is 44.1 Å². The molecule has 0 fully saturated rings. The van der Waals surface area contributed by atoms with Crippen LogP contribution >= 0.6 is 27.5 Å². The molecular formula is C9H7BrClN3. The second kappa shape index (κ2) is 3.73. The summed E-state index contributed by atoms with van der Waals surface area (Å²) in [6.45, 7) is 0. The predicted octanol–water partition coefficient (Wildman–Crippen LogP) is 2.94. The van der Waals surface area contributed by atoms with Crippen molar-refractivity contribution < 1.29 is 0 Å². The first kappa shape index (κ1) is 9.71. The van der Waals surface area contributed by atoms with Crippen LogP contribution in [0, 0.1) is 0 Å². The Morgan fingerprint density at radius 1 is 1.36 bits per heavy atom. The van der Waals surface area contributed by atoms with Crippen molar-refractivity contribution in [3.8, 4) is 0 Å². The monoisotopic (exact) mass is 271 g/mol. The fourth-order valence-corrected chi connectivity index (χ4v) is 2.09. The summed E-state index contributed by atoms with van der Waals surface area (Å²) in [7, 11) is 0. The molecule has 0 spiro atoms. The Morgan fingerprint density at radius 2 is 2.14 bits per heavy atom. The Kier molecular flexibility index (Phi) is 2.58. The van der Waals surface area contributed by atoms with Gasteiger partial charge in [0.2, 0.25) is 0 Å². The molecule has 0 aliphatic carbocycles. The molecule has 0 aliphatic rings. The molecule has 0 bridgehead atoms. The number of hydrazine groups is 1. The summed E-state index contributed by atoms with van der Waals surface area (Å²) in [5.41, 5.74) is 2.54. The number of nitrogens with one attached hydrogen (secondary N) is 1. The molecule has 0 aliphatic heterocycles. The van der Waals surface area contributed by atoms with E-state index < -0.39 is 0 Å². The van der Waals surface area contributed by atoms with Crippen molar-refractivity contribution in [3.05, 3.63) is 33.9 Å². The van der Waals surface area contributed by atoms with Gasteiger partial charge in [-0.05, 0) is 18.2 Å². The van der Waals surface area contributed by atoms with E-state index in [0.717, 1.165) is 15.2 Å². The van der Waals surface area contributed by atoms with Gasteiger partial charge in [-0.3, -0.25) is 0 Å². The molecule has 0 unspecified atom stereocenters. The van der Waals surface area contributed by atoms with Crippen molar-refractivity contribution in [2.75, 3.05) is 5.43 Å². The average Bonchev–Trinajstić information content (AvgIpc) is 2.23. The lowest BCUT2D eigenvalue weighted by atomic mass is 10.1. The zero-order chi connectivity index (χ0) is 10.1. The van der Waals surface area contributed by atoms with Gasteiger partial charge in [-0.15, -0.1) is 0 Å². The van der Waals surface area contributed by atoms with Crippen LogP contribution in [0.25, 0.3) is 10.8 Å². The van der Waals surface area contributed by atoms with E-state index in [-0.39, 0.29) is 0 Å². The van der Waals surface area contributed by atoms with Gasteiger partial charge in [0, 0.05) is 26.5 Å². The summed E-state index contributed by atoms with van der Waals surface area (Å²) in [5, 5.41) is 2.49. The van der Waals surface area contributed by atoms with E-state index in [1.54, 1.807) is 6.20 Å². The zero-order valence-electron chi connectivity index (χ0n) is 7.09. The van der Waals surface area contributed by atoms with Crippen molar-refractivity contribution in [2.24, 2.45) is 5.84 Å². The van der Waals surface area contributed by atoms with Crippen molar-refractivity contribution in [3.63, 3.8) is 0 Å². The van der Waals surface area contributed by atoms with E-state index >= 15 is 0 Å². The molecule has 2 aromatic rings. The quantitative estimate of drug-likeness (QED) is 0.620. The number of rotatable bonds is 1. The lowest BCUT2D eigenvalue weighted by Gasteiger charge is -2.07. The van der Waals surface area contributed by atoms with Gasteiger partial charge in [0.1, 0.15) is 5.82 Å². The van der Waals surface area contributed by atoms with Gasteiger partial charge in [-0.25, -0.2) is 10.8 Å². The molecule has 1 aromatic carbocycles.